The van der Waals surface area contributed by atoms with Crippen molar-refractivity contribution in [3.8, 4) is 0 Å². The predicted molar refractivity (Wildman–Crippen MR) is 214 cm³/mol. The predicted octanol–water partition coefficient (Wildman–Crippen LogP) is -5.94. The zero-order valence-electron chi connectivity index (χ0n) is 36.1. The highest BCUT2D eigenvalue weighted by atomic mass is 16.8. The molecule has 26 unspecified atom stereocenters. The molecule has 7 rings (SSSR count). The minimum absolute atomic E-state index is 0.0106. The van der Waals surface area contributed by atoms with Crippen molar-refractivity contribution in [3.63, 3.8) is 0 Å². The smallest absolute Gasteiger partial charge is 0.330 e. The van der Waals surface area contributed by atoms with Crippen LogP contribution in [0.15, 0.2) is 12.2 Å². The number of hydrogen-bond donors (Lipinski definition) is 13. The molecule has 3 aliphatic carbocycles. The number of carbonyl (C=O) groups excluding carboxylic acids is 1. The zero-order chi connectivity index (χ0) is 46.9. The second-order valence-corrected chi connectivity index (χ2v) is 18.8. The van der Waals surface area contributed by atoms with E-state index in [9.17, 15) is 71.2 Å². The van der Waals surface area contributed by atoms with Crippen molar-refractivity contribution in [2.45, 2.75) is 199 Å². The molecular formula is C42H69O23+. The summed E-state index contributed by atoms with van der Waals surface area (Å²) >= 11 is 0. The quantitative estimate of drug-likeness (QED) is 0.0464. The van der Waals surface area contributed by atoms with E-state index in [2.05, 4.69) is 0 Å². The summed E-state index contributed by atoms with van der Waals surface area (Å²) in [7, 11) is 1.49. The summed E-state index contributed by atoms with van der Waals surface area (Å²) in [4.78, 5) is 13.0. The molecule has 0 bridgehead atoms. The average Bonchev–Trinajstić information content (AvgIpc) is 3.28. The number of aliphatic hydroxyl groups excluding tert-OH is 13. The van der Waals surface area contributed by atoms with Crippen molar-refractivity contribution in [2.75, 3.05) is 26.9 Å². The van der Waals surface area contributed by atoms with Crippen LogP contribution in [0.4, 0.5) is 0 Å². The Kier molecular flexibility index (Phi) is 17.7. The first-order valence-corrected chi connectivity index (χ1v) is 22.7. The maximum absolute atomic E-state index is 13.0. The molecule has 374 valence electrons. The number of rotatable bonds is 13. The Hall–Kier alpha value is -1.63. The van der Waals surface area contributed by atoms with E-state index in [1.54, 1.807) is 6.08 Å². The second kappa shape index (κ2) is 22.4. The van der Waals surface area contributed by atoms with Gasteiger partial charge >= 0.3 is 5.97 Å². The first-order valence-electron chi connectivity index (χ1n) is 22.7. The zero-order valence-corrected chi connectivity index (χ0v) is 36.1. The molecule has 0 aromatic heterocycles. The maximum Gasteiger partial charge on any atom is 0.330 e. The van der Waals surface area contributed by atoms with E-state index in [1.165, 1.54) is 13.2 Å². The Morgan fingerprint density at radius 3 is 2.05 bits per heavy atom. The monoisotopic (exact) mass is 941 g/mol. The second-order valence-electron chi connectivity index (χ2n) is 18.8. The molecule has 0 aromatic carbocycles. The maximum atomic E-state index is 13.0. The molecule has 0 radical (unpaired) electrons. The molecule has 4 saturated heterocycles. The fraction of sp³-hybridized carbons (Fsp3) is 0.929. The van der Waals surface area contributed by atoms with Crippen LogP contribution in [0.2, 0.25) is 0 Å². The summed E-state index contributed by atoms with van der Waals surface area (Å²) in [5.74, 6) is -1.88. The van der Waals surface area contributed by atoms with Gasteiger partial charge in [0.05, 0.1) is 55.8 Å². The summed E-state index contributed by atoms with van der Waals surface area (Å²) in [5, 5.41) is 138. The van der Waals surface area contributed by atoms with Gasteiger partial charge in [-0.25, -0.2) is 4.79 Å². The molecule has 0 aromatic rings. The largest absolute Gasteiger partial charge is 0.460 e. The molecule has 7 aliphatic rings. The number of aliphatic hydroxyl groups is 15. The Morgan fingerprint density at radius 2 is 1.32 bits per heavy atom. The molecule has 26 atom stereocenters. The Labute approximate surface area is 374 Å². The SMILES string of the molecule is COC1CC(C=CC(=O)OCC2OC(OC3CC4C(OC5OC(CO)C(O)C(O)C5O)CC(O)CC4[OH+]C3C3CCC(O)C(O)C3)C(OC3OCC(O)C(O)C3O)C(O)C2O)CCC1O. The third-order valence-electron chi connectivity index (χ3n) is 14.4. The lowest BCUT2D eigenvalue weighted by Gasteiger charge is -2.50. The number of hydrogen-bond acceptors (Lipinski definition) is 22. The summed E-state index contributed by atoms with van der Waals surface area (Å²) < 4.78 is 52.2. The first kappa shape index (κ1) is 51.2. The lowest BCUT2D eigenvalue weighted by molar-refractivity contribution is -0.385. The fourth-order valence-corrected chi connectivity index (χ4v) is 10.5. The third kappa shape index (κ3) is 11.7. The summed E-state index contributed by atoms with van der Waals surface area (Å²) in [6.07, 6.45) is -25.0. The number of methoxy groups -OCH3 is 1. The molecule has 0 spiro atoms. The molecule has 0 amide bonds. The highest BCUT2D eigenvalue weighted by molar-refractivity contribution is 5.81. The van der Waals surface area contributed by atoms with Gasteiger partial charge in [-0.15, -0.1) is 0 Å². The highest BCUT2D eigenvalue weighted by Crippen LogP contribution is 2.44. The van der Waals surface area contributed by atoms with Gasteiger partial charge < -0.3 is 109 Å². The number of ether oxygens (including phenoxy) is 9. The van der Waals surface area contributed by atoms with Gasteiger partial charge in [-0.3, -0.25) is 0 Å². The van der Waals surface area contributed by atoms with Crippen LogP contribution >= 0.6 is 0 Å². The number of allylic oxidation sites excluding steroid dienone is 1. The summed E-state index contributed by atoms with van der Waals surface area (Å²) in [6.45, 7) is -1.76. The number of carbonyl (C=O) groups is 1. The molecule has 23 nitrogen and oxygen atoms in total. The third-order valence-corrected chi connectivity index (χ3v) is 14.4. The van der Waals surface area contributed by atoms with Gasteiger partial charge in [-0.1, -0.05) is 6.08 Å². The van der Waals surface area contributed by atoms with Gasteiger partial charge in [0.25, 0.3) is 0 Å². The Bertz CT molecular complexity index is 1540. The van der Waals surface area contributed by atoms with E-state index < -0.39 is 179 Å². The van der Waals surface area contributed by atoms with E-state index in [4.69, 9.17) is 42.6 Å². The molecule has 65 heavy (non-hydrogen) atoms. The molecule has 14 N–H and O–H groups in total. The van der Waals surface area contributed by atoms with Crippen LogP contribution in [0.25, 0.3) is 0 Å². The first-order chi connectivity index (χ1) is 31.0. The standard InChI is InChI=1S/C42H68O23/c1-57-26-8-16(2-5-21(26)46)3-7-30(49)58-15-29-33(52)35(54)39(65-40-36(55)31(50)23(48)14-59-40)42(64-29)62-27-12-19-24(60-38(27)17-4-6-20(45)22(47)9-17)10-18(44)11-25(19)61-41-37(56)34(53)32(51)28(13-43)63-41/h3,7,16-29,31-48,50-56H,2,4-6,8-15H2,1H3/p+1. The van der Waals surface area contributed by atoms with Crippen LogP contribution in [0.1, 0.15) is 57.8 Å². The number of fused-ring (bicyclic) bond motifs is 1. The number of esters is 1. The lowest BCUT2D eigenvalue weighted by Crippen LogP contribution is -2.65. The minimum Gasteiger partial charge on any atom is -0.460 e. The Balaban J connectivity index is 1.13. The van der Waals surface area contributed by atoms with E-state index >= 15 is 0 Å². The van der Waals surface area contributed by atoms with Crippen LogP contribution in [0.5, 0.6) is 0 Å². The van der Waals surface area contributed by atoms with Crippen molar-refractivity contribution < 1.29 is 114 Å². The molecule has 7 fully saturated rings. The van der Waals surface area contributed by atoms with Crippen molar-refractivity contribution in [1.82, 2.24) is 0 Å². The summed E-state index contributed by atoms with van der Waals surface area (Å²) in [5.41, 5.74) is 0. The van der Waals surface area contributed by atoms with Gasteiger partial charge in [-0.05, 0) is 50.9 Å². The molecule has 23 heteroatoms. The van der Waals surface area contributed by atoms with Gasteiger partial charge in [0, 0.05) is 31.9 Å². The van der Waals surface area contributed by atoms with Crippen molar-refractivity contribution in [1.29, 1.82) is 0 Å². The van der Waals surface area contributed by atoms with E-state index in [-0.39, 0.29) is 38.0 Å². The van der Waals surface area contributed by atoms with Gasteiger partial charge in [0.15, 0.2) is 31.1 Å². The van der Waals surface area contributed by atoms with Crippen molar-refractivity contribution >= 4 is 5.97 Å². The van der Waals surface area contributed by atoms with Crippen LogP contribution in [-0.4, -0.2) is 245 Å². The van der Waals surface area contributed by atoms with Gasteiger partial charge in [0.1, 0.15) is 79.9 Å². The van der Waals surface area contributed by atoms with E-state index in [1.807, 2.05) is 0 Å². The minimum atomic E-state index is -1.88. The van der Waals surface area contributed by atoms with Crippen LogP contribution in [-0.2, 0) is 42.7 Å². The van der Waals surface area contributed by atoms with Crippen LogP contribution in [0.3, 0.4) is 0 Å². The Morgan fingerprint density at radius 1 is 0.631 bits per heavy atom. The molecule has 4 heterocycles. The van der Waals surface area contributed by atoms with E-state index in [0.29, 0.717) is 25.7 Å². The lowest BCUT2D eigenvalue weighted by atomic mass is 9.72. The van der Waals surface area contributed by atoms with Crippen LogP contribution in [0, 0.1) is 17.8 Å². The topological polar surface area (TPSA) is 367 Å². The van der Waals surface area contributed by atoms with Gasteiger partial charge in [0.2, 0.25) is 0 Å². The fourth-order valence-electron chi connectivity index (χ4n) is 10.5. The molecule has 3 saturated carbocycles. The normalized spacial score (nSPS) is 51.0. The van der Waals surface area contributed by atoms with E-state index in [0.717, 1.165) is 0 Å². The summed E-state index contributed by atoms with van der Waals surface area (Å²) in [6, 6.07) is 0. The van der Waals surface area contributed by atoms with Crippen molar-refractivity contribution in [3.05, 3.63) is 12.2 Å². The molecular weight excluding hydrogens is 872 g/mol. The van der Waals surface area contributed by atoms with Gasteiger partial charge in [-0.2, -0.15) is 0 Å². The van der Waals surface area contributed by atoms with Crippen molar-refractivity contribution in [2.24, 2.45) is 17.8 Å². The van der Waals surface area contributed by atoms with Crippen LogP contribution < -0.4 is 0 Å². The highest BCUT2D eigenvalue weighted by Gasteiger charge is 2.58. The average molecular weight is 942 g/mol. The molecule has 4 aliphatic heterocycles.